The number of hydrogen-bond acceptors (Lipinski definition) is 8. The third-order valence-electron chi connectivity index (χ3n) is 10.6. The van der Waals surface area contributed by atoms with Gasteiger partial charge in [-0.1, -0.05) is 42.5 Å². The van der Waals surface area contributed by atoms with Crippen LogP contribution in [0.4, 0.5) is 0 Å². The van der Waals surface area contributed by atoms with Gasteiger partial charge in [0.25, 0.3) is 0 Å². The fourth-order valence-corrected chi connectivity index (χ4v) is 8.26. The monoisotopic (exact) mass is 748 g/mol. The Bertz CT molecular complexity index is 3390. The van der Waals surface area contributed by atoms with E-state index in [-0.39, 0.29) is 0 Å². The predicted octanol–water partition coefficient (Wildman–Crippen LogP) is 10.2. The van der Waals surface area contributed by atoms with Crippen molar-refractivity contribution in [3.63, 3.8) is 0 Å². The molecule has 10 rings (SSSR count). The maximum atomic E-state index is 10.3. The van der Waals surface area contributed by atoms with E-state index in [1.165, 1.54) is 0 Å². The lowest BCUT2D eigenvalue weighted by molar-refractivity contribution is 0.928. The number of hydrogen-bond donors (Lipinski definition) is 0. The Morgan fingerprint density at radius 1 is 0.397 bits per heavy atom. The third-order valence-corrected chi connectivity index (χ3v) is 10.6. The number of fused-ring (bicyclic) bond motifs is 6. The number of para-hydroxylation sites is 2. The van der Waals surface area contributed by atoms with Crippen molar-refractivity contribution >= 4 is 43.6 Å². The Balaban J connectivity index is 1.24. The van der Waals surface area contributed by atoms with Gasteiger partial charge in [0.2, 0.25) is 0 Å². The molecule has 0 aliphatic heterocycles. The summed E-state index contributed by atoms with van der Waals surface area (Å²) in [6.45, 7) is 7.50. The highest BCUT2D eigenvalue weighted by molar-refractivity contribution is 6.12. The zero-order valence-corrected chi connectivity index (χ0v) is 32.0. The Morgan fingerprint density at radius 2 is 0.845 bits per heavy atom. The maximum absolute atomic E-state index is 10.3. The molecule has 0 amide bonds. The summed E-state index contributed by atoms with van der Waals surface area (Å²) in [5.74, 6) is 3.90. The van der Waals surface area contributed by atoms with Crippen LogP contribution in [0.1, 0.15) is 34.4 Å². The first kappa shape index (κ1) is 34.4. The van der Waals surface area contributed by atoms with Gasteiger partial charge in [0, 0.05) is 43.8 Å². The molecule has 10 nitrogen and oxygen atoms in total. The van der Waals surface area contributed by atoms with E-state index >= 15 is 0 Å². The summed E-state index contributed by atoms with van der Waals surface area (Å²) >= 11 is 0. The quantitative estimate of drug-likeness (QED) is 0.170. The van der Waals surface area contributed by atoms with E-state index in [4.69, 9.17) is 0 Å². The van der Waals surface area contributed by atoms with Crippen LogP contribution in [0.5, 0.6) is 0 Å². The van der Waals surface area contributed by atoms with E-state index in [2.05, 4.69) is 99.7 Å². The first-order chi connectivity index (χ1) is 28.3. The topological polar surface area (TPSA) is 135 Å². The zero-order valence-electron chi connectivity index (χ0n) is 32.0. The molecular weight excluding hydrogens is 717 g/mol. The van der Waals surface area contributed by atoms with Crippen molar-refractivity contribution in [1.29, 1.82) is 10.5 Å². The van der Waals surface area contributed by atoms with Crippen LogP contribution in [0.25, 0.3) is 88.9 Å². The average Bonchev–Trinajstić information content (AvgIpc) is 3.74. The van der Waals surface area contributed by atoms with E-state index < -0.39 is 0 Å². The standard InChI is InChI=1S/C48H32N10/c1-27-51-28(2)54-47(53-27)33-15-19-44-39(23-33)35-9-5-7-11-41(35)57(44)43-18-14-31(25-49)21-38(43)37-17-13-32(26-50)22-46(37)58-42-12-8-6-10-36(42)40-24-34(16-20-45(40)58)48-55-29(3)52-30(4)56-48/h5-24H,1-4H3. The maximum Gasteiger partial charge on any atom is 0.163 e. The Kier molecular flexibility index (Phi) is 7.89. The molecule has 4 heterocycles. The van der Waals surface area contributed by atoms with Crippen LogP contribution in [-0.2, 0) is 0 Å². The van der Waals surface area contributed by atoms with E-state index in [1.807, 2.05) is 100 Å². The molecule has 0 aliphatic carbocycles. The minimum atomic E-state index is 0.517. The summed E-state index contributed by atoms with van der Waals surface area (Å²) in [7, 11) is 0. The van der Waals surface area contributed by atoms with Crippen molar-refractivity contribution in [2.45, 2.75) is 27.7 Å². The van der Waals surface area contributed by atoms with Crippen LogP contribution in [0, 0.1) is 50.4 Å². The number of benzene rings is 6. The molecule has 0 unspecified atom stereocenters. The minimum absolute atomic E-state index is 0.517. The molecule has 0 bridgehead atoms. The molecule has 0 N–H and O–H groups in total. The second kappa shape index (κ2) is 13.3. The summed E-state index contributed by atoms with van der Waals surface area (Å²) in [4.78, 5) is 27.4. The van der Waals surface area contributed by atoms with Crippen molar-refractivity contribution in [3.05, 3.63) is 156 Å². The molecular formula is C48H32N10. The Hall–Kier alpha value is -8.08. The number of rotatable bonds is 5. The summed E-state index contributed by atoms with van der Waals surface area (Å²) in [6, 6.07) is 45.5. The smallest absolute Gasteiger partial charge is 0.163 e. The van der Waals surface area contributed by atoms with E-state index in [0.717, 1.165) is 77.2 Å². The van der Waals surface area contributed by atoms with Gasteiger partial charge in [-0.3, -0.25) is 0 Å². The molecule has 4 aromatic heterocycles. The molecule has 58 heavy (non-hydrogen) atoms. The average molecular weight is 749 g/mol. The molecule has 0 saturated carbocycles. The van der Waals surface area contributed by atoms with Crippen molar-refractivity contribution in [3.8, 4) is 57.4 Å². The zero-order chi connectivity index (χ0) is 39.7. The first-order valence-electron chi connectivity index (χ1n) is 18.8. The highest BCUT2D eigenvalue weighted by Crippen LogP contribution is 2.42. The minimum Gasteiger partial charge on any atom is -0.309 e. The Morgan fingerprint density at radius 3 is 1.36 bits per heavy atom. The lowest BCUT2D eigenvalue weighted by atomic mass is 9.97. The summed E-state index contributed by atoms with van der Waals surface area (Å²) in [5.41, 5.74) is 10.1. The third kappa shape index (κ3) is 5.55. The molecule has 0 saturated heterocycles. The highest BCUT2D eigenvalue weighted by atomic mass is 15.0. The number of nitrogens with zero attached hydrogens (tertiary/aromatic N) is 10. The van der Waals surface area contributed by atoms with Gasteiger partial charge >= 0.3 is 0 Å². The van der Waals surface area contributed by atoms with Gasteiger partial charge in [-0.2, -0.15) is 10.5 Å². The number of aryl methyl sites for hydroxylation is 4. The summed E-state index contributed by atoms with van der Waals surface area (Å²) < 4.78 is 4.47. The number of aromatic nitrogens is 8. The van der Waals surface area contributed by atoms with Gasteiger partial charge < -0.3 is 9.13 Å². The normalized spacial score (nSPS) is 11.4. The number of nitriles is 2. The molecule has 0 radical (unpaired) electrons. The largest absolute Gasteiger partial charge is 0.309 e. The molecule has 0 aliphatic rings. The van der Waals surface area contributed by atoms with Crippen LogP contribution in [0.2, 0.25) is 0 Å². The van der Waals surface area contributed by atoms with Crippen LogP contribution >= 0.6 is 0 Å². The van der Waals surface area contributed by atoms with Crippen LogP contribution in [-0.4, -0.2) is 39.0 Å². The van der Waals surface area contributed by atoms with Crippen molar-refractivity contribution in [2.75, 3.05) is 0 Å². The van der Waals surface area contributed by atoms with Gasteiger partial charge in [0.05, 0.1) is 56.7 Å². The van der Waals surface area contributed by atoms with Crippen LogP contribution in [0.15, 0.2) is 121 Å². The fourth-order valence-electron chi connectivity index (χ4n) is 8.26. The van der Waals surface area contributed by atoms with E-state index in [9.17, 15) is 10.5 Å². The SMILES string of the molecule is Cc1nc(C)nc(-c2ccc3c(c2)c2ccccc2n3-c2ccc(C#N)cc2-c2ccc(C#N)cc2-n2c3ccccc3c3cc(-c4nc(C)nc(C)n4)ccc32)n1. The van der Waals surface area contributed by atoms with Crippen LogP contribution in [0.3, 0.4) is 0 Å². The van der Waals surface area contributed by atoms with E-state index in [0.29, 0.717) is 46.1 Å². The molecule has 0 atom stereocenters. The van der Waals surface area contributed by atoms with Crippen molar-refractivity contribution < 1.29 is 0 Å². The molecule has 6 aromatic carbocycles. The van der Waals surface area contributed by atoms with Gasteiger partial charge in [0.15, 0.2) is 11.6 Å². The van der Waals surface area contributed by atoms with Gasteiger partial charge in [-0.05, 0) is 107 Å². The first-order valence-corrected chi connectivity index (χ1v) is 18.8. The van der Waals surface area contributed by atoms with Gasteiger partial charge in [-0.25, -0.2) is 29.9 Å². The van der Waals surface area contributed by atoms with Crippen LogP contribution < -0.4 is 0 Å². The predicted molar refractivity (Wildman–Crippen MR) is 227 cm³/mol. The van der Waals surface area contributed by atoms with Gasteiger partial charge in [0.1, 0.15) is 23.3 Å². The van der Waals surface area contributed by atoms with Gasteiger partial charge in [-0.15, -0.1) is 0 Å². The van der Waals surface area contributed by atoms with Crippen molar-refractivity contribution in [2.24, 2.45) is 0 Å². The molecule has 0 spiro atoms. The second-order valence-electron chi connectivity index (χ2n) is 14.4. The van der Waals surface area contributed by atoms with E-state index in [1.54, 1.807) is 0 Å². The highest BCUT2D eigenvalue weighted by Gasteiger charge is 2.22. The molecule has 10 heteroatoms. The molecule has 0 fully saturated rings. The molecule has 10 aromatic rings. The fraction of sp³-hybridized carbons (Fsp3) is 0.0833. The lowest BCUT2D eigenvalue weighted by Gasteiger charge is -2.19. The molecule has 274 valence electrons. The second-order valence-corrected chi connectivity index (χ2v) is 14.4. The Labute approximate surface area is 333 Å². The lowest BCUT2D eigenvalue weighted by Crippen LogP contribution is -2.03. The summed E-state index contributed by atoms with van der Waals surface area (Å²) in [5, 5.41) is 24.7. The summed E-state index contributed by atoms with van der Waals surface area (Å²) in [6.07, 6.45) is 0. The van der Waals surface area contributed by atoms with Crippen molar-refractivity contribution in [1.82, 2.24) is 39.0 Å².